The Morgan fingerprint density at radius 2 is 1.39 bits per heavy atom. The molecule has 31 heavy (non-hydrogen) atoms. The van der Waals surface area contributed by atoms with Gasteiger partial charge in [-0.1, -0.05) is 34.6 Å². The molecule has 0 spiro atoms. The molecule has 1 aliphatic rings. The Kier molecular flexibility index (Phi) is 15.5. The van der Waals surface area contributed by atoms with Crippen LogP contribution in [0.2, 0.25) is 0 Å². The van der Waals surface area contributed by atoms with Crippen molar-refractivity contribution in [2.45, 2.75) is 81.6 Å². The predicted octanol–water partition coefficient (Wildman–Crippen LogP) is 5.06. The molecule has 0 aromatic carbocycles. The van der Waals surface area contributed by atoms with Gasteiger partial charge in [-0.25, -0.2) is 0 Å². The molecule has 0 amide bonds. The van der Waals surface area contributed by atoms with E-state index >= 15 is 0 Å². The van der Waals surface area contributed by atoms with E-state index in [9.17, 15) is 9.59 Å². The number of carbonyl (C=O) groups excluding carboxylic acids is 2. The Hall–Kier alpha value is -1.63. The summed E-state index contributed by atoms with van der Waals surface area (Å²) >= 11 is 0. The number of esters is 2. The van der Waals surface area contributed by atoms with Crippen LogP contribution in [0.25, 0.3) is 0 Å². The maximum atomic E-state index is 11.3. The summed E-state index contributed by atoms with van der Waals surface area (Å²) in [5.41, 5.74) is -0.529. The lowest BCUT2D eigenvalue weighted by atomic mass is 9.90. The molecule has 7 nitrogen and oxygen atoms in total. The summed E-state index contributed by atoms with van der Waals surface area (Å²) < 4.78 is 19.7. The molecule has 0 N–H and O–H groups in total. The van der Waals surface area contributed by atoms with Crippen molar-refractivity contribution in [2.75, 3.05) is 40.6 Å². The highest BCUT2D eigenvalue weighted by Gasteiger charge is 2.27. The molecule has 1 aliphatic heterocycles. The number of aliphatic imine (C=N–C) groups is 1. The molecule has 0 atom stereocenters. The minimum Gasteiger partial charge on any atom is -0.479 e. The Bertz CT molecular complexity index is 552. The van der Waals surface area contributed by atoms with Crippen molar-refractivity contribution in [1.29, 1.82) is 0 Å². The van der Waals surface area contributed by atoms with Crippen LogP contribution in [0.4, 0.5) is 0 Å². The van der Waals surface area contributed by atoms with Gasteiger partial charge < -0.3 is 18.9 Å². The number of rotatable bonds is 9. The lowest BCUT2D eigenvalue weighted by Crippen LogP contribution is -2.26. The summed E-state index contributed by atoms with van der Waals surface area (Å²) in [6.45, 7) is 20.4. The van der Waals surface area contributed by atoms with E-state index in [4.69, 9.17) is 14.2 Å². The van der Waals surface area contributed by atoms with Gasteiger partial charge in [0.15, 0.2) is 5.90 Å². The van der Waals surface area contributed by atoms with Gasteiger partial charge in [0.2, 0.25) is 0 Å². The topological polar surface area (TPSA) is 83.4 Å². The summed E-state index contributed by atoms with van der Waals surface area (Å²) in [6, 6.07) is 0. The van der Waals surface area contributed by atoms with Crippen LogP contribution < -0.4 is 0 Å². The highest BCUT2D eigenvalue weighted by molar-refractivity contribution is 5.82. The van der Waals surface area contributed by atoms with E-state index in [2.05, 4.69) is 30.5 Å². The SMILES string of the molecule is CCC(C)(C)C(=O)OC.CCC(C)(C)C(=O)OCCOC.CCC(C)(C)C1=NCCO1. The molecule has 0 saturated carbocycles. The highest BCUT2D eigenvalue weighted by atomic mass is 16.6. The maximum absolute atomic E-state index is 11.3. The van der Waals surface area contributed by atoms with Gasteiger partial charge in [-0.2, -0.15) is 0 Å². The molecule has 0 saturated heterocycles. The van der Waals surface area contributed by atoms with E-state index in [1.54, 1.807) is 7.11 Å². The molecule has 0 bridgehead atoms. The minimum absolute atomic E-state index is 0.134. The van der Waals surface area contributed by atoms with Gasteiger partial charge in [0.05, 0.1) is 31.1 Å². The van der Waals surface area contributed by atoms with E-state index in [-0.39, 0.29) is 28.2 Å². The second kappa shape index (κ2) is 15.2. The Labute approximate surface area is 190 Å². The fraction of sp³-hybridized carbons (Fsp3) is 0.875. The lowest BCUT2D eigenvalue weighted by Gasteiger charge is -2.21. The molecule has 7 heteroatoms. The van der Waals surface area contributed by atoms with Crippen molar-refractivity contribution in [1.82, 2.24) is 0 Å². The van der Waals surface area contributed by atoms with Crippen LogP contribution in [0.15, 0.2) is 4.99 Å². The minimum atomic E-state index is -0.367. The Morgan fingerprint density at radius 3 is 1.71 bits per heavy atom. The molecular formula is C24H47NO6. The molecule has 184 valence electrons. The molecule has 0 aromatic rings. The van der Waals surface area contributed by atoms with Gasteiger partial charge >= 0.3 is 11.9 Å². The van der Waals surface area contributed by atoms with Gasteiger partial charge in [-0.15, -0.1) is 0 Å². The van der Waals surface area contributed by atoms with Crippen molar-refractivity contribution in [3.05, 3.63) is 0 Å². The zero-order chi connectivity index (χ0) is 24.7. The Balaban J connectivity index is 0. The van der Waals surface area contributed by atoms with Crippen molar-refractivity contribution in [3.8, 4) is 0 Å². The molecule has 0 aromatic heterocycles. The number of hydrogen-bond donors (Lipinski definition) is 0. The lowest BCUT2D eigenvalue weighted by molar-refractivity contribution is -0.155. The summed E-state index contributed by atoms with van der Waals surface area (Å²) in [4.78, 5) is 26.4. The van der Waals surface area contributed by atoms with E-state index in [0.717, 1.165) is 38.3 Å². The quantitative estimate of drug-likeness (QED) is 0.364. The van der Waals surface area contributed by atoms with Crippen LogP contribution in [0.3, 0.4) is 0 Å². The van der Waals surface area contributed by atoms with Gasteiger partial charge in [0, 0.05) is 12.5 Å². The van der Waals surface area contributed by atoms with Gasteiger partial charge in [0.25, 0.3) is 0 Å². The first-order valence-electron chi connectivity index (χ1n) is 11.2. The third-order valence-electron chi connectivity index (χ3n) is 5.63. The summed E-state index contributed by atoms with van der Waals surface area (Å²) in [6.07, 6.45) is 2.70. The van der Waals surface area contributed by atoms with Crippen molar-refractivity contribution in [3.63, 3.8) is 0 Å². The van der Waals surface area contributed by atoms with Gasteiger partial charge in [-0.05, 0) is 47.0 Å². The van der Waals surface area contributed by atoms with Crippen molar-refractivity contribution < 1.29 is 28.5 Å². The van der Waals surface area contributed by atoms with Crippen molar-refractivity contribution in [2.24, 2.45) is 21.2 Å². The standard InChI is InChI=1S/C9H18O3.C8H15NO.C7H14O2/c1-5-9(2,3)8(10)12-7-6-11-4;1-4-8(2,3)7-9-5-6-10-7;1-5-7(2,3)6(8)9-4/h5-7H2,1-4H3;4-6H2,1-3H3;5H2,1-4H3. The molecule has 1 heterocycles. The zero-order valence-corrected chi connectivity index (χ0v) is 21.8. The molecule has 0 aliphatic carbocycles. The number of nitrogens with zero attached hydrogens (tertiary/aromatic N) is 1. The van der Waals surface area contributed by atoms with E-state index in [0.29, 0.717) is 13.2 Å². The largest absolute Gasteiger partial charge is 0.479 e. The second-order valence-corrected chi connectivity index (χ2v) is 9.37. The van der Waals surface area contributed by atoms with E-state index < -0.39 is 0 Å². The smallest absolute Gasteiger partial charge is 0.311 e. The van der Waals surface area contributed by atoms with Gasteiger partial charge in [-0.3, -0.25) is 14.6 Å². The first-order chi connectivity index (χ1) is 14.2. The van der Waals surface area contributed by atoms with E-state index in [1.165, 1.54) is 7.11 Å². The monoisotopic (exact) mass is 445 g/mol. The molecular weight excluding hydrogens is 398 g/mol. The number of ether oxygens (including phenoxy) is 4. The van der Waals surface area contributed by atoms with Crippen LogP contribution in [0, 0.1) is 16.2 Å². The number of hydrogen-bond acceptors (Lipinski definition) is 7. The molecule has 0 fully saturated rings. The van der Waals surface area contributed by atoms with E-state index in [1.807, 2.05) is 41.5 Å². The second-order valence-electron chi connectivity index (χ2n) is 9.37. The van der Waals surface area contributed by atoms with Crippen LogP contribution in [-0.4, -0.2) is 58.4 Å². The number of methoxy groups -OCH3 is 2. The molecule has 0 unspecified atom stereocenters. The fourth-order valence-corrected chi connectivity index (χ4v) is 1.87. The van der Waals surface area contributed by atoms with Crippen LogP contribution in [-0.2, 0) is 28.5 Å². The summed E-state index contributed by atoms with van der Waals surface area (Å²) in [5.74, 6) is 0.655. The average molecular weight is 446 g/mol. The third kappa shape index (κ3) is 12.7. The fourth-order valence-electron chi connectivity index (χ4n) is 1.87. The third-order valence-corrected chi connectivity index (χ3v) is 5.63. The van der Waals surface area contributed by atoms with Crippen LogP contribution in [0.1, 0.15) is 81.6 Å². The Morgan fingerprint density at radius 1 is 0.871 bits per heavy atom. The summed E-state index contributed by atoms with van der Waals surface area (Å²) in [5, 5.41) is 0. The normalized spacial score (nSPS) is 13.6. The van der Waals surface area contributed by atoms with Crippen molar-refractivity contribution >= 4 is 17.8 Å². The van der Waals surface area contributed by atoms with Gasteiger partial charge in [0.1, 0.15) is 13.2 Å². The summed E-state index contributed by atoms with van der Waals surface area (Å²) in [7, 11) is 3.00. The molecule has 1 rings (SSSR count). The first kappa shape index (κ1) is 31.6. The number of carbonyl (C=O) groups is 2. The van der Waals surface area contributed by atoms with Crippen LogP contribution in [0.5, 0.6) is 0 Å². The molecule has 0 radical (unpaired) electrons. The first-order valence-corrected chi connectivity index (χ1v) is 11.2. The van der Waals surface area contributed by atoms with Crippen LogP contribution >= 0.6 is 0 Å². The predicted molar refractivity (Wildman–Crippen MR) is 125 cm³/mol. The average Bonchev–Trinajstić information content (AvgIpc) is 3.30. The maximum Gasteiger partial charge on any atom is 0.311 e. The highest BCUT2D eigenvalue weighted by Crippen LogP contribution is 2.24. The zero-order valence-electron chi connectivity index (χ0n) is 21.8.